The lowest BCUT2D eigenvalue weighted by Gasteiger charge is -1.86. The Balaban J connectivity index is 0.000000379. The number of rotatable bonds is 0. The van der Waals surface area contributed by atoms with Crippen LogP contribution in [-0.2, 0) is 0 Å². The van der Waals surface area contributed by atoms with Crippen LogP contribution in [0.5, 0.6) is 0 Å². The van der Waals surface area contributed by atoms with Crippen molar-refractivity contribution < 1.29 is 0 Å². The van der Waals surface area contributed by atoms with Crippen molar-refractivity contribution in [3.8, 4) is 0 Å². The number of H-pyrrole nitrogens is 1. The Kier molecular flexibility index (Phi) is 6.20. The number of aromatic amines is 1. The van der Waals surface area contributed by atoms with Gasteiger partial charge in [0.05, 0.1) is 5.69 Å². The summed E-state index contributed by atoms with van der Waals surface area (Å²) in [5.74, 6) is 0. The minimum atomic E-state index is 0.753. The molecule has 2 aromatic heterocycles. The van der Waals surface area contributed by atoms with Crippen molar-refractivity contribution >= 4 is 16.7 Å². The van der Waals surface area contributed by atoms with Gasteiger partial charge in [0.15, 0.2) is 0 Å². The number of aromatic nitrogens is 2. The molecule has 0 aliphatic rings. The molecule has 0 saturated carbocycles. The number of nitrogens with one attached hydrogen (secondary N) is 1. The monoisotopic (exact) mass is 193 g/mol. The van der Waals surface area contributed by atoms with E-state index in [-0.39, 0.29) is 0 Å². The number of hydrogen-bond donors (Lipinski definition) is 2. The summed E-state index contributed by atoms with van der Waals surface area (Å²) < 4.78 is 0. The van der Waals surface area contributed by atoms with E-state index in [4.69, 9.17) is 5.73 Å². The minimum Gasteiger partial charge on any atom is -0.397 e. The van der Waals surface area contributed by atoms with Gasteiger partial charge in [0.2, 0.25) is 0 Å². The molecule has 0 aromatic carbocycles. The fourth-order valence-corrected chi connectivity index (χ4v) is 0.977. The predicted octanol–water partition coefficient (Wildman–Crippen LogP) is 3.20. The van der Waals surface area contributed by atoms with Gasteiger partial charge < -0.3 is 10.7 Å². The van der Waals surface area contributed by atoms with Crippen molar-refractivity contribution in [2.45, 2.75) is 27.7 Å². The summed E-state index contributed by atoms with van der Waals surface area (Å²) in [5, 5.41) is 0.988. The van der Waals surface area contributed by atoms with E-state index in [0.717, 1.165) is 16.7 Å². The van der Waals surface area contributed by atoms with Gasteiger partial charge in [0, 0.05) is 17.8 Å². The fraction of sp³-hybridized carbons (Fsp3) is 0.364. The fourth-order valence-electron chi connectivity index (χ4n) is 0.977. The zero-order valence-electron chi connectivity index (χ0n) is 9.33. The zero-order chi connectivity index (χ0) is 11.0. The third kappa shape index (κ3) is 2.76. The van der Waals surface area contributed by atoms with Crippen molar-refractivity contribution in [3.05, 3.63) is 24.5 Å². The Morgan fingerprint density at radius 2 is 1.86 bits per heavy atom. The molecule has 3 nitrogen and oxygen atoms in total. The smallest absolute Gasteiger partial charge is 0.139 e. The maximum atomic E-state index is 5.60. The van der Waals surface area contributed by atoms with E-state index < -0.39 is 0 Å². The number of pyridine rings is 1. The van der Waals surface area contributed by atoms with E-state index in [0.29, 0.717) is 0 Å². The van der Waals surface area contributed by atoms with Crippen LogP contribution in [0.2, 0.25) is 0 Å². The van der Waals surface area contributed by atoms with Gasteiger partial charge in [-0.15, -0.1) is 0 Å². The van der Waals surface area contributed by atoms with Crippen molar-refractivity contribution in [3.63, 3.8) is 0 Å². The molecule has 0 fully saturated rings. The quantitative estimate of drug-likeness (QED) is 0.675. The number of nitrogens with zero attached hydrogens (tertiary/aromatic N) is 1. The SMILES string of the molecule is CC.CC.Nc1c[nH]c2ncccc12. The van der Waals surface area contributed by atoms with Gasteiger partial charge in [-0.25, -0.2) is 4.98 Å². The molecule has 78 valence electrons. The molecule has 2 rings (SSSR count). The second-order valence-corrected chi connectivity index (χ2v) is 2.14. The molecule has 0 radical (unpaired) electrons. The number of fused-ring (bicyclic) bond motifs is 1. The first-order chi connectivity index (χ1) is 6.88. The van der Waals surface area contributed by atoms with Gasteiger partial charge in [-0.3, -0.25) is 0 Å². The first kappa shape index (κ1) is 12.5. The standard InChI is InChI=1S/C7H7N3.2C2H6/c8-6-4-10-7-5(6)2-1-3-9-7;2*1-2/h1-4H,8H2,(H,9,10);2*1-2H3. The van der Waals surface area contributed by atoms with Crippen LogP contribution in [0.1, 0.15) is 27.7 Å². The third-order valence-corrected chi connectivity index (χ3v) is 1.48. The Morgan fingerprint density at radius 1 is 1.21 bits per heavy atom. The summed E-state index contributed by atoms with van der Waals surface area (Å²) in [6.45, 7) is 8.00. The Hall–Kier alpha value is -1.51. The van der Waals surface area contributed by atoms with Crippen LogP contribution in [0.25, 0.3) is 11.0 Å². The summed E-state index contributed by atoms with van der Waals surface area (Å²) >= 11 is 0. The normalized spacial score (nSPS) is 8.29. The average Bonchev–Trinajstić information content (AvgIpc) is 2.67. The van der Waals surface area contributed by atoms with Crippen LogP contribution in [0.4, 0.5) is 5.69 Å². The van der Waals surface area contributed by atoms with E-state index in [1.807, 2.05) is 39.8 Å². The lowest BCUT2D eigenvalue weighted by atomic mass is 10.3. The van der Waals surface area contributed by atoms with Gasteiger partial charge in [-0.05, 0) is 12.1 Å². The molecule has 0 saturated heterocycles. The molecule has 0 atom stereocenters. The second-order valence-electron chi connectivity index (χ2n) is 2.14. The first-order valence-electron chi connectivity index (χ1n) is 5.05. The maximum absolute atomic E-state index is 5.60. The summed E-state index contributed by atoms with van der Waals surface area (Å²) in [6, 6.07) is 3.81. The molecule has 3 N–H and O–H groups in total. The highest BCUT2D eigenvalue weighted by Crippen LogP contribution is 2.16. The number of anilines is 1. The van der Waals surface area contributed by atoms with E-state index in [2.05, 4.69) is 9.97 Å². The third-order valence-electron chi connectivity index (χ3n) is 1.48. The first-order valence-corrected chi connectivity index (χ1v) is 5.05. The molecule has 0 spiro atoms. The van der Waals surface area contributed by atoms with Crippen molar-refractivity contribution in [2.75, 3.05) is 5.73 Å². The molecule has 2 aromatic rings. The minimum absolute atomic E-state index is 0.753. The number of hydrogen-bond acceptors (Lipinski definition) is 2. The molecule has 0 aliphatic carbocycles. The van der Waals surface area contributed by atoms with Crippen LogP contribution >= 0.6 is 0 Å². The lowest BCUT2D eigenvalue weighted by Crippen LogP contribution is -1.79. The van der Waals surface area contributed by atoms with Crippen LogP contribution in [-0.4, -0.2) is 9.97 Å². The Labute approximate surface area is 85.4 Å². The van der Waals surface area contributed by atoms with Crippen LogP contribution < -0.4 is 5.73 Å². The van der Waals surface area contributed by atoms with E-state index in [1.165, 1.54) is 0 Å². The van der Waals surface area contributed by atoms with Crippen molar-refractivity contribution in [1.82, 2.24) is 9.97 Å². The lowest BCUT2D eigenvalue weighted by molar-refractivity contribution is 1.33. The molecule has 3 heteroatoms. The van der Waals surface area contributed by atoms with Gasteiger partial charge >= 0.3 is 0 Å². The number of nitrogen functional groups attached to an aromatic ring is 1. The predicted molar refractivity (Wildman–Crippen MR) is 63.2 cm³/mol. The molecule has 2 heterocycles. The van der Waals surface area contributed by atoms with E-state index >= 15 is 0 Å². The van der Waals surface area contributed by atoms with Crippen LogP contribution in [0, 0.1) is 0 Å². The molecule has 14 heavy (non-hydrogen) atoms. The summed E-state index contributed by atoms with van der Waals surface area (Å²) in [4.78, 5) is 7.02. The second kappa shape index (κ2) is 6.95. The molecular weight excluding hydrogens is 174 g/mol. The largest absolute Gasteiger partial charge is 0.397 e. The van der Waals surface area contributed by atoms with Crippen molar-refractivity contribution in [1.29, 1.82) is 0 Å². The van der Waals surface area contributed by atoms with Gasteiger partial charge in [0.25, 0.3) is 0 Å². The zero-order valence-corrected chi connectivity index (χ0v) is 9.33. The Morgan fingerprint density at radius 3 is 2.43 bits per heavy atom. The summed E-state index contributed by atoms with van der Waals surface area (Å²) in [5.41, 5.74) is 7.21. The maximum Gasteiger partial charge on any atom is 0.139 e. The topological polar surface area (TPSA) is 54.7 Å². The van der Waals surface area contributed by atoms with Gasteiger partial charge in [-0.2, -0.15) is 0 Å². The summed E-state index contributed by atoms with van der Waals surface area (Å²) in [6.07, 6.45) is 3.48. The molecule has 0 bridgehead atoms. The summed E-state index contributed by atoms with van der Waals surface area (Å²) in [7, 11) is 0. The highest BCUT2D eigenvalue weighted by atomic mass is 14.9. The molecule has 0 amide bonds. The van der Waals surface area contributed by atoms with Crippen LogP contribution in [0.3, 0.4) is 0 Å². The van der Waals surface area contributed by atoms with E-state index in [1.54, 1.807) is 12.4 Å². The highest BCUT2D eigenvalue weighted by molar-refractivity contribution is 5.88. The number of nitrogens with two attached hydrogens (primary N) is 1. The molecule has 0 unspecified atom stereocenters. The Bertz CT molecular complexity index is 352. The highest BCUT2D eigenvalue weighted by Gasteiger charge is 1.96. The molecule has 0 aliphatic heterocycles. The molecular formula is C11H19N3. The average molecular weight is 193 g/mol. The van der Waals surface area contributed by atoms with Crippen LogP contribution in [0.15, 0.2) is 24.5 Å². The van der Waals surface area contributed by atoms with Gasteiger partial charge in [0.1, 0.15) is 5.65 Å². The van der Waals surface area contributed by atoms with Gasteiger partial charge in [-0.1, -0.05) is 27.7 Å². The van der Waals surface area contributed by atoms with Crippen molar-refractivity contribution in [2.24, 2.45) is 0 Å². The van der Waals surface area contributed by atoms with E-state index in [9.17, 15) is 0 Å².